The lowest BCUT2D eigenvalue weighted by Gasteiger charge is -2.01. The monoisotopic (exact) mass is 245 g/mol. The van der Waals surface area contributed by atoms with Gasteiger partial charge in [0, 0.05) is 12.4 Å². The van der Waals surface area contributed by atoms with E-state index in [4.69, 9.17) is 11.6 Å². The van der Waals surface area contributed by atoms with Crippen LogP contribution in [0.5, 0.6) is 0 Å². The largest absolute Gasteiger partial charge is 0.295 e. The van der Waals surface area contributed by atoms with Crippen LogP contribution in [-0.2, 0) is 0 Å². The zero-order valence-electron chi connectivity index (χ0n) is 9.00. The Balaban J connectivity index is 2.33. The number of rotatable bonds is 1. The topological polar surface area (TPSA) is 56.0 Å². The molecule has 3 heterocycles. The molecule has 5 nitrogen and oxygen atoms in total. The zero-order chi connectivity index (χ0) is 11.8. The molecule has 0 atom stereocenters. The molecule has 0 aliphatic carbocycles. The molecule has 0 N–H and O–H groups in total. The second-order valence-corrected chi connectivity index (χ2v) is 3.96. The van der Waals surface area contributed by atoms with Crippen molar-refractivity contribution in [3.8, 4) is 11.4 Å². The van der Waals surface area contributed by atoms with E-state index >= 15 is 0 Å². The van der Waals surface area contributed by atoms with Gasteiger partial charge in [-0.25, -0.2) is 9.97 Å². The summed E-state index contributed by atoms with van der Waals surface area (Å²) >= 11 is 5.85. The molecule has 0 aromatic carbocycles. The molecular weight excluding hydrogens is 238 g/mol. The van der Waals surface area contributed by atoms with E-state index in [0.717, 1.165) is 17.0 Å². The van der Waals surface area contributed by atoms with Crippen LogP contribution in [-0.4, -0.2) is 24.3 Å². The lowest BCUT2D eigenvalue weighted by molar-refractivity contribution is 1.10. The smallest absolute Gasteiger partial charge is 0.156 e. The van der Waals surface area contributed by atoms with Crippen molar-refractivity contribution in [2.45, 2.75) is 6.92 Å². The molecule has 17 heavy (non-hydrogen) atoms. The minimum absolute atomic E-state index is 0.367. The van der Waals surface area contributed by atoms with Gasteiger partial charge in [-0.05, 0) is 6.92 Å². The highest BCUT2D eigenvalue weighted by atomic mass is 35.5. The quantitative estimate of drug-likeness (QED) is 0.659. The summed E-state index contributed by atoms with van der Waals surface area (Å²) < 4.78 is 1.92. The zero-order valence-corrected chi connectivity index (χ0v) is 9.76. The van der Waals surface area contributed by atoms with Gasteiger partial charge in [0.05, 0.1) is 30.0 Å². The molecule has 0 fully saturated rings. The average Bonchev–Trinajstić information content (AvgIpc) is 2.64. The van der Waals surface area contributed by atoms with Crippen molar-refractivity contribution < 1.29 is 0 Å². The van der Waals surface area contributed by atoms with Crippen molar-refractivity contribution in [2.24, 2.45) is 0 Å². The maximum Gasteiger partial charge on any atom is 0.156 e. The highest BCUT2D eigenvalue weighted by molar-refractivity contribution is 6.29. The van der Waals surface area contributed by atoms with E-state index in [-0.39, 0.29) is 0 Å². The Labute approximate surface area is 102 Å². The second-order valence-electron chi connectivity index (χ2n) is 3.58. The van der Waals surface area contributed by atoms with Crippen molar-refractivity contribution >= 4 is 17.2 Å². The SMILES string of the molecule is Cc1nc2cnccn2c1-c1cncc(Cl)n1. The van der Waals surface area contributed by atoms with Crippen molar-refractivity contribution in [3.63, 3.8) is 0 Å². The van der Waals surface area contributed by atoms with E-state index in [1.807, 2.05) is 17.5 Å². The van der Waals surface area contributed by atoms with Crippen LogP contribution in [0.3, 0.4) is 0 Å². The molecule has 3 aromatic rings. The fourth-order valence-corrected chi connectivity index (χ4v) is 1.94. The third-order valence-corrected chi connectivity index (χ3v) is 2.63. The summed E-state index contributed by atoms with van der Waals surface area (Å²) in [6.45, 7) is 1.92. The Morgan fingerprint density at radius 1 is 1.12 bits per heavy atom. The highest BCUT2D eigenvalue weighted by Crippen LogP contribution is 2.22. The Morgan fingerprint density at radius 2 is 2.00 bits per heavy atom. The number of hydrogen-bond acceptors (Lipinski definition) is 4. The number of aryl methyl sites for hydroxylation is 1. The first-order valence-corrected chi connectivity index (χ1v) is 5.40. The third-order valence-electron chi connectivity index (χ3n) is 2.45. The van der Waals surface area contributed by atoms with Gasteiger partial charge in [0.1, 0.15) is 10.8 Å². The molecule has 84 valence electrons. The number of imidazole rings is 1. The molecule has 3 aromatic heterocycles. The second kappa shape index (κ2) is 3.78. The van der Waals surface area contributed by atoms with Gasteiger partial charge in [0.15, 0.2) is 5.65 Å². The number of nitrogens with zero attached hydrogens (tertiary/aromatic N) is 5. The van der Waals surface area contributed by atoms with Crippen molar-refractivity contribution in [3.05, 3.63) is 41.8 Å². The van der Waals surface area contributed by atoms with Crippen LogP contribution in [0.15, 0.2) is 31.0 Å². The fourth-order valence-electron chi connectivity index (χ4n) is 1.79. The van der Waals surface area contributed by atoms with Crippen molar-refractivity contribution in [1.82, 2.24) is 24.3 Å². The number of fused-ring (bicyclic) bond motifs is 1. The van der Waals surface area contributed by atoms with Crippen LogP contribution in [0.4, 0.5) is 0 Å². The lowest BCUT2D eigenvalue weighted by atomic mass is 10.2. The third kappa shape index (κ3) is 1.64. The Hall–Kier alpha value is -2.01. The molecule has 0 bridgehead atoms. The van der Waals surface area contributed by atoms with Crippen LogP contribution >= 0.6 is 11.6 Å². The summed E-state index contributed by atoms with van der Waals surface area (Å²) in [5.41, 5.74) is 3.24. The molecule has 6 heteroatoms. The fraction of sp³-hybridized carbons (Fsp3) is 0.0909. The summed E-state index contributed by atoms with van der Waals surface area (Å²) in [6, 6.07) is 0. The summed E-state index contributed by atoms with van der Waals surface area (Å²) in [7, 11) is 0. The molecule has 0 aliphatic rings. The lowest BCUT2D eigenvalue weighted by Crippen LogP contribution is -1.93. The van der Waals surface area contributed by atoms with E-state index in [0.29, 0.717) is 10.8 Å². The van der Waals surface area contributed by atoms with Gasteiger partial charge in [-0.1, -0.05) is 11.6 Å². The maximum atomic E-state index is 5.85. The van der Waals surface area contributed by atoms with Crippen LogP contribution < -0.4 is 0 Å². The van der Waals surface area contributed by atoms with E-state index in [1.165, 1.54) is 6.20 Å². The van der Waals surface area contributed by atoms with Crippen LogP contribution in [0, 0.1) is 6.92 Å². The van der Waals surface area contributed by atoms with Crippen molar-refractivity contribution in [2.75, 3.05) is 0 Å². The van der Waals surface area contributed by atoms with Gasteiger partial charge in [0.2, 0.25) is 0 Å². The summed E-state index contributed by atoms with van der Waals surface area (Å²) in [5.74, 6) is 0. The summed E-state index contributed by atoms with van der Waals surface area (Å²) in [5, 5.41) is 0.367. The van der Waals surface area contributed by atoms with Gasteiger partial charge in [-0.3, -0.25) is 14.4 Å². The minimum Gasteiger partial charge on any atom is -0.295 e. The number of aromatic nitrogens is 5. The van der Waals surface area contributed by atoms with Gasteiger partial charge < -0.3 is 0 Å². The number of hydrogen-bond donors (Lipinski definition) is 0. The Kier molecular flexibility index (Phi) is 2.26. The molecule has 0 aliphatic heterocycles. The predicted molar refractivity (Wildman–Crippen MR) is 63.8 cm³/mol. The van der Waals surface area contributed by atoms with Crippen molar-refractivity contribution in [1.29, 1.82) is 0 Å². The van der Waals surface area contributed by atoms with Gasteiger partial charge in [-0.2, -0.15) is 0 Å². The maximum absolute atomic E-state index is 5.85. The van der Waals surface area contributed by atoms with E-state index < -0.39 is 0 Å². The Bertz CT molecular complexity index is 691. The molecule has 0 unspecified atom stereocenters. The van der Waals surface area contributed by atoms with Gasteiger partial charge >= 0.3 is 0 Å². The van der Waals surface area contributed by atoms with E-state index in [2.05, 4.69) is 19.9 Å². The van der Waals surface area contributed by atoms with E-state index in [9.17, 15) is 0 Å². The average molecular weight is 246 g/mol. The standard InChI is InChI=1S/C11H8ClN5/c1-7-11(8-4-14-5-9(12)16-8)17-3-2-13-6-10(17)15-7/h2-6H,1H3. The molecule has 0 saturated carbocycles. The highest BCUT2D eigenvalue weighted by Gasteiger charge is 2.12. The summed E-state index contributed by atoms with van der Waals surface area (Å²) in [6.07, 6.45) is 8.42. The first kappa shape index (κ1) is 10.2. The molecule has 0 saturated heterocycles. The predicted octanol–water partition coefficient (Wildman–Crippen LogP) is 2.15. The van der Waals surface area contributed by atoms with Gasteiger partial charge in [-0.15, -0.1) is 0 Å². The Morgan fingerprint density at radius 3 is 2.82 bits per heavy atom. The van der Waals surface area contributed by atoms with Crippen LogP contribution in [0.2, 0.25) is 5.15 Å². The molecule has 3 rings (SSSR count). The van der Waals surface area contributed by atoms with Crippen LogP contribution in [0.25, 0.3) is 17.0 Å². The first-order valence-electron chi connectivity index (χ1n) is 5.02. The molecule has 0 amide bonds. The summed E-state index contributed by atoms with van der Waals surface area (Å²) in [4.78, 5) is 16.7. The number of halogens is 1. The van der Waals surface area contributed by atoms with Gasteiger partial charge in [0.25, 0.3) is 0 Å². The molecular formula is C11H8ClN5. The molecule has 0 radical (unpaired) electrons. The van der Waals surface area contributed by atoms with E-state index in [1.54, 1.807) is 18.6 Å². The molecule has 0 spiro atoms. The van der Waals surface area contributed by atoms with Crippen LogP contribution in [0.1, 0.15) is 5.69 Å². The minimum atomic E-state index is 0.367. The first-order chi connectivity index (χ1) is 8.25. The normalized spacial score (nSPS) is 10.9.